The van der Waals surface area contributed by atoms with Gasteiger partial charge in [-0.05, 0) is 58.7 Å². The van der Waals surface area contributed by atoms with Gasteiger partial charge in [0, 0.05) is 12.6 Å². The van der Waals surface area contributed by atoms with Crippen LogP contribution in [0.3, 0.4) is 0 Å². The van der Waals surface area contributed by atoms with Crippen molar-refractivity contribution in [2.24, 2.45) is 0 Å². The number of ether oxygens (including phenoxy) is 1. The van der Waals surface area contributed by atoms with E-state index in [2.05, 4.69) is 17.6 Å². The van der Waals surface area contributed by atoms with Crippen molar-refractivity contribution in [2.45, 2.75) is 78.5 Å². The van der Waals surface area contributed by atoms with E-state index in [0.29, 0.717) is 18.5 Å². The van der Waals surface area contributed by atoms with Crippen LogP contribution in [0.15, 0.2) is 24.3 Å². The summed E-state index contributed by atoms with van der Waals surface area (Å²) in [5.74, 6) is -0.746. The summed E-state index contributed by atoms with van der Waals surface area (Å²) < 4.78 is 5.19. The van der Waals surface area contributed by atoms with E-state index in [4.69, 9.17) is 4.74 Å². The van der Waals surface area contributed by atoms with Gasteiger partial charge in [-0.15, -0.1) is 0 Å². The number of benzene rings is 1. The average Bonchev–Trinajstić information content (AvgIpc) is 2.63. The zero-order valence-corrected chi connectivity index (χ0v) is 19.5. The largest absolute Gasteiger partial charge is 0.508 e. The van der Waals surface area contributed by atoms with Crippen molar-refractivity contribution in [1.82, 2.24) is 15.5 Å². The highest BCUT2D eigenvalue weighted by Gasteiger charge is 2.32. The van der Waals surface area contributed by atoms with Gasteiger partial charge in [-0.3, -0.25) is 9.59 Å². The lowest BCUT2D eigenvalue weighted by molar-refractivity contribution is -0.140. The van der Waals surface area contributed by atoms with Crippen molar-refractivity contribution in [2.75, 3.05) is 13.1 Å². The van der Waals surface area contributed by atoms with E-state index in [1.807, 2.05) is 13.8 Å². The minimum Gasteiger partial charge on any atom is -0.508 e. The Morgan fingerprint density at radius 2 is 1.84 bits per heavy atom. The third-order valence-electron chi connectivity index (χ3n) is 4.28. The molecule has 0 radical (unpaired) electrons. The summed E-state index contributed by atoms with van der Waals surface area (Å²) in [4.78, 5) is 39.6. The molecular formula is C23H37N3O5. The maximum absolute atomic E-state index is 13.1. The quantitative estimate of drug-likeness (QED) is 0.488. The van der Waals surface area contributed by atoms with Gasteiger partial charge in [0.25, 0.3) is 0 Å². The minimum absolute atomic E-state index is 0.00711. The number of nitrogens with zero attached hydrogens (tertiary/aromatic N) is 1. The summed E-state index contributed by atoms with van der Waals surface area (Å²) in [7, 11) is 0. The van der Waals surface area contributed by atoms with Gasteiger partial charge in [-0.1, -0.05) is 31.9 Å². The molecule has 3 amide bonds. The van der Waals surface area contributed by atoms with Gasteiger partial charge in [0.15, 0.2) is 0 Å². The smallest absolute Gasteiger partial charge is 0.408 e. The van der Waals surface area contributed by atoms with Gasteiger partial charge < -0.3 is 25.4 Å². The molecule has 174 valence electrons. The summed E-state index contributed by atoms with van der Waals surface area (Å²) in [5, 5.41) is 15.3. The molecule has 0 aliphatic rings. The molecule has 1 aromatic carbocycles. The number of unbranched alkanes of at least 4 members (excludes halogenated alkanes) is 2. The molecule has 8 heteroatoms. The van der Waals surface area contributed by atoms with E-state index in [0.717, 1.165) is 12.8 Å². The number of aromatic hydroxyl groups is 1. The first-order valence-corrected chi connectivity index (χ1v) is 10.8. The number of amides is 3. The maximum Gasteiger partial charge on any atom is 0.408 e. The van der Waals surface area contributed by atoms with Crippen LogP contribution >= 0.6 is 0 Å². The lowest BCUT2D eigenvalue weighted by Crippen LogP contribution is -2.49. The number of phenols is 1. The molecule has 0 saturated carbocycles. The van der Waals surface area contributed by atoms with Crippen molar-refractivity contribution in [3.05, 3.63) is 29.8 Å². The number of carbonyl (C=O) groups is 3. The number of phenolic OH excluding ortho intramolecular Hbond substituents is 1. The van der Waals surface area contributed by atoms with Crippen LogP contribution in [0.2, 0.25) is 0 Å². The molecule has 8 nitrogen and oxygen atoms in total. The molecule has 1 rings (SSSR count). The molecule has 3 N–H and O–H groups in total. The molecule has 0 fully saturated rings. The van der Waals surface area contributed by atoms with Crippen LogP contribution in [0.4, 0.5) is 4.79 Å². The SMILES string of the molecule is CCCCCN(C(=O)CNC(=O)OC(C)(C)C)C(C(=O)NC(C)C)c1cccc(O)c1. The normalized spacial score (nSPS) is 12.2. The highest BCUT2D eigenvalue weighted by molar-refractivity contribution is 5.90. The van der Waals surface area contributed by atoms with Crippen LogP contribution in [0, 0.1) is 0 Å². The third-order valence-corrected chi connectivity index (χ3v) is 4.28. The Bertz CT molecular complexity index is 743. The standard InChI is InChI=1S/C23H37N3O5/c1-7-8-9-13-26(19(28)15-24-22(30)31-23(4,5)6)20(21(29)25-16(2)3)17-11-10-12-18(27)14-17/h10-12,14,16,20,27H,7-9,13,15H2,1-6H3,(H,24,30)(H,25,29). The molecular weight excluding hydrogens is 398 g/mol. The number of hydrogen-bond donors (Lipinski definition) is 3. The Morgan fingerprint density at radius 1 is 1.16 bits per heavy atom. The molecule has 0 spiro atoms. The van der Waals surface area contributed by atoms with Crippen LogP contribution < -0.4 is 10.6 Å². The number of nitrogens with one attached hydrogen (secondary N) is 2. The molecule has 31 heavy (non-hydrogen) atoms. The van der Waals surface area contributed by atoms with Gasteiger partial charge in [-0.2, -0.15) is 0 Å². The molecule has 1 atom stereocenters. The highest BCUT2D eigenvalue weighted by Crippen LogP contribution is 2.25. The number of carbonyl (C=O) groups excluding carboxylic acids is 3. The van der Waals surface area contributed by atoms with E-state index in [1.165, 1.54) is 17.0 Å². The third kappa shape index (κ3) is 9.72. The second-order valence-electron chi connectivity index (χ2n) is 8.81. The molecule has 1 unspecified atom stereocenters. The highest BCUT2D eigenvalue weighted by atomic mass is 16.6. The van der Waals surface area contributed by atoms with E-state index in [9.17, 15) is 19.5 Å². The van der Waals surface area contributed by atoms with Gasteiger partial charge in [0.2, 0.25) is 11.8 Å². The lowest BCUT2D eigenvalue weighted by Gasteiger charge is -2.32. The fourth-order valence-electron chi connectivity index (χ4n) is 3.02. The van der Waals surface area contributed by atoms with Gasteiger partial charge >= 0.3 is 6.09 Å². The molecule has 0 bridgehead atoms. The summed E-state index contributed by atoms with van der Waals surface area (Å²) in [5.41, 5.74) is -0.185. The first-order chi connectivity index (χ1) is 14.4. The molecule has 0 saturated heterocycles. The summed E-state index contributed by atoms with van der Waals surface area (Å²) >= 11 is 0. The summed E-state index contributed by atoms with van der Waals surface area (Å²) in [6.45, 7) is 11.0. The van der Waals surface area contributed by atoms with Crippen LogP contribution in [0.1, 0.15) is 72.4 Å². The zero-order chi connectivity index (χ0) is 23.6. The van der Waals surface area contributed by atoms with Crippen molar-refractivity contribution >= 4 is 17.9 Å². The predicted octanol–water partition coefficient (Wildman–Crippen LogP) is 3.50. The van der Waals surface area contributed by atoms with Crippen molar-refractivity contribution in [3.63, 3.8) is 0 Å². The number of rotatable bonds is 10. The van der Waals surface area contributed by atoms with Crippen LogP contribution in [-0.4, -0.2) is 52.6 Å². The van der Waals surface area contributed by atoms with Crippen molar-refractivity contribution < 1.29 is 24.2 Å². The predicted molar refractivity (Wildman–Crippen MR) is 120 cm³/mol. The fourth-order valence-corrected chi connectivity index (χ4v) is 3.02. The average molecular weight is 436 g/mol. The molecule has 1 aromatic rings. The Balaban J connectivity index is 3.16. The van der Waals surface area contributed by atoms with Gasteiger partial charge in [-0.25, -0.2) is 4.79 Å². The molecule has 0 aromatic heterocycles. The van der Waals surface area contributed by atoms with E-state index < -0.39 is 23.6 Å². The number of alkyl carbamates (subject to hydrolysis) is 1. The van der Waals surface area contributed by atoms with Gasteiger partial charge in [0.1, 0.15) is 23.9 Å². The van der Waals surface area contributed by atoms with Crippen LogP contribution in [-0.2, 0) is 14.3 Å². The second kappa shape index (κ2) is 12.2. The van der Waals surface area contributed by atoms with Crippen molar-refractivity contribution in [3.8, 4) is 5.75 Å². The summed E-state index contributed by atoms with van der Waals surface area (Å²) in [6.07, 6.45) is 1.85. The first-order valence-electron chi connectivity index (χ1n) is 10.8. The lowest BCUT2D eigenvalue weighted by atomic mass is 10.0. The second-order valence-corrected chi connectivity index (χ2v) is 8.81. The Hall–Kier alpha value is -2.77. The van der Waals surface area contributed by atoms with E-state index in [-0.39, 0.29) is 24.2 Å². The Morgan fingerprint density at radius 3 is 2.39 bits per heavy atom. The fraction of sp³-hybridized carbons (Fsp3) is 0.609. The van der Waals surface area contributed by atoms with Crippen LogP contribution in [0.5, 0.6) is 5.75 Å². The van der Waals surface area contributed by atoms with Crippen molar-refractivity contribution in [1.29, 1.82) is 0 Å². The first kappa shape index (κ1) is 26.3. The number of hydrogen-bond acceptors (Lipinski definition) is 5. The molecule has 0 heterocycles. The Labute approximate surface area is 185 Å². The van der Waals surface area contributed by atoms with Gasteiger partial charge in [0.05, 0.1) is 0 Å². The van der Waals surface area contributed by atoms with E-state index in [1.54, 1.807) is 32.9 Å². The summed E-state index contributed by atoms with van der Waals surface area (Å²) in [6, 6.07) is 5.26. The molecule has 0 aliphatic heterocycles. The van der Waals surface area contributed by atoms with Crippen LogP contribution in [0.25, 0.3) is 0 Å². The Kier molecular flexibility index (Phi) is 10.3. The molecule has 0 aliphatic carbocycles. The zero-order valence-electron chi connectivity index (χ0n) is 19.5. The maximum atomic E-state index is 13.1. The topological polar surface area (TPSA) is 108 Å². The minimum atomic E-state index is -0.931. The van der Waals surface area contributed by atoms with E-state index >= 15 is 0 Å². The monoisotopic (exact) mass is 435 g/mol.